The number of aliphatic hydroxyl groups excluding tert-OH is 1. The van der Waals surface area contributed by atoms with Crippen molar-refractivity contribution < 1.29 is 5.11 Å². The highest BCUT2D eigenvalue weighted by Crippen LogP contribution is 2.19. The van der Waals surface area contributed by atoms with E-state index in [2.05, 4.69) is 47.2 Å². The first-order valence-electron chi connectivity index (χ1n) is 5.60. The van der Waals surface area contributed by atoms with Gasteiger partial charge < -0.3 is 10.4 Å². The van der Waals surface area contributed by atoms with Gasteiger partial charge in [0.1, 0.15) is 0 Å². The summed E-state index contributed by atoms with van der Waals surface area (Å²) < 4.78 is 1.14. The predicted molar refractivity (Wildman–Crippen MR) is 71.3 cm³/mol. The average Bonchev–Trinajstić information content (AvgIpc) is 2.20. The summed E-state index contributed by atoms with van der Waals surface area (Å²) in [5.41, 5.74) is 1.41. The fourth-order valence-electron chi connectivity index (χ4n) is 1.57. The Morgan fingerprint density at radius 1 is 1.31 bits per heavy atom. The van der Waals surface area contributed by atoms with E-state index in [4.69, 9.17) is 5.11 Å². The van der Waals surface area contributed by atoms with Gasteiger partial charge in [-0.15, -0.1) is 0 Å². The predicted octanol–water partition coefficient (Wildman–Crippen LogP) is 2.95. The van der Waals surface area contributed by atoms with Crippen LogP contribution in [0.1, 0.15) is 25.8 Å². The van der Waals surface area contributed by atoms with Crippen LogP contribution in [0.2, 0.25) is 0 Å². The molecule has 1 aromatic rings. The standard InChI is InChI=1S/C13H20BrNO/c1-13(2,7-8-16)10-15-9-11-5-3-4-6-12(11)14/h3-6,15-16H,7-10H2,1-2H3. The average molecular weight is 286 g/mol. The minimum atomic E-state index is 0.149. The zero-order valence-electron chi connectivity index (χ0n) is 9.96. The molecule has 0 spiro atoms. The van der Waals surface area contributed by atoms with E-state index in [0.29, 0.717) is 0 Å². The third kappa shape index (κ3) is 4.64. The highest BCUT2D eigenvalue weighted by atomic mass is 79.9. The molecule has 0 aliphatic heterocycles. The number of rotatable bonds is 6. The van der Waals surface area contributed by atoms with Crippen molar-refractivity contribution in [2.24, 2.45) is 5.41 Å². The summed E-state index contributed by atoms with van der Waals surface area (Å²) in [5, 5.41) is 12.4. The number of benzene rings is 1. The fraction of sp³-hybridized carbons (Fsp3) is 0.538. The van der Waals surface area contributed by atoms with Crippen LogP contribution in [-0.4, -0.2) is 18.3 Å². The van der Waals surface area contributed by atoms with Gasteiger partial charge in [0.15, 0.2) is 0 Å². The lowest BCUT2D eigenvalue weighted by molar-refractivity contribution is 0.207. The van der Waals surface area contributed by atoms with Crippen LogP contribution in [0.3, 0.4) is 0 Å². The van der Waals surface area contributed by atoms with E-state index in [1.165, 1.54) is 5.56 Å². The van der Waals surface area contributed by atoms with Crippen LogP contribution < -0.4 is 5.32 Å². The summed E-state index contributed by atoms with van der Waals surface area (Å²) in [7, 11) is 0. The van der Waals surface area contributed by atoms with Gasteiger partial charge in [0.25, 0.3) is 0 Å². The van der Waals surface area contributed by atoms with E-state index in [-0.39, 0.29) is 12.0 Å². The minimum absolute atomic E-state index is 0.149. The normalized spacial score (nSPS) is 11.8. The minimum Gasteiger partial charge on any atom is -0.396 e. The Morgan fingerprint density at radius 2 is 2.00 bits per heavy atom. The Kier molecular flexibility index (Phi) is 5.46. The Hall–Kier alpha value is -0.380. The van der Waals surface area contributed by atoms with Crippen molar-refractivity contribution in [3.05, 3.63) is 34.3 Å². The summed E-state index contributed by atoms with van der Waals surface area (Å²) in [5.74, 6) is 0. The molecule has 0 fully saturated rings. The number of halogens is 1. The monoisotopic (exact) mass is 285 g/mol. The summed E-state index contributed by atoms with van der Waals surface area (Å²) >= 11 is 3.53. The molecule has 0 radical (unpaired) electrons. The van der Waals surface area contributed by atoms with Gasteiger partial charge in [-0.2, -0.15) is 0 Å². The van der Waals surface area contributed by atoms with Crippen LogP contribution >= 0.6 is 15.9 Å². The zero-order valence-corrected chi connectivity index (χ0v) is 11.5. The molecule has 0 aliphatic carbocycles. The number of hydrogen-bond donors (Lipinski definition) is 2. The van der Waals surface area contributed by atoms with Gasteiger partial charge in [-0.05, 0) is 23.5 Å². The van der Waals surface area contributed by atoms with Crippen LogP contribution in [-0.2, 0) is 6.54 Å². The second-order valence-electron chi connectivity index (χ2n) is 4.83. The SMILES string of the molecule is CC(C)(CCO)CNCc1ccccc1Br. The van der Waals surface area contributed by atoms with E-state index in [1.54, 1.807) is 0 Å². The largest absolute Gasteiger partial charge is 0.396 e. The van der Waals surface area contributed by atoms with Crippen LogP contribution in [0.4, 0.5) is 0 Å². The molecular weight excluding hydrogens is 266 g/mol. The van der Waals surface area contributed by atoms with Crippen LogP contribution in [0.25, 0.3) is 0 Å². The van der Waals surface area contributed by atoms with E-state index in [0.717, 1.165) is 24.0 Å². The summed E-state index contributed by atoms with van der Waals surface area (Å²) in [6, 6.07) is 8.22. The molecule has 16 heavy (non-hydrogen) atoms. The molecular formula is C13H20BrNO. The third-order valence-corrected chi connectivity index (χ3v) is 3.44. The highest BCUT2D eigenvalue weighted by molar-refractivity contribution is 9.10. The molecule has 0 amide bonds. The molecule has 0 heterocycles. The summed E-state index contributed by atoms with van der Waals surface area (Å²) in [4.78, 5) is 0. The van der Waals surface area contributed by atoms with Crippen molar-refractivity contribution in [2.45, 2.75) is 26.8 Å². The molecule has 0 bridgehead atoms. The molecule has 1 aromatic carbocycles. The second kappa shape index (κ2) is 6.38. The molecule has 0 saturated heterocycles. The van der Waals surface area contributed by atoms with E-state index < -0.39 is 0 Å². The van der Waals surface area contributed by atoms with Crippen LogP contribution in [0, 0.1) is 5.41 Å². The molecule has 0 atom stereocenters. The molecule has 0 saturated carbocycles. The summed E-state index contributed by atoms with van der Waals surface area (Å²) in [6.07, 6.45) is 0.829. The molecule has 0 aliphatic rings. The van der Waals surface area contributed by atoms with Crippen molar-refractivity contribution in [1.82, 2.24) is 5.32 Å². The smallest absolute Gasteiger partial charge is 0.0436 e. The molecule has 0 aromatic heterocycles. The molecule has 3 heteroatoms. The van der Waals surface area contributed by atoms with Gasteiger partial charge in [0, 0.05) is 24.2 Å². The Labute approximate surface area is 106 Å². The van der Waals surface area contributed by atoms with Crippen LogP contribution in [0.15, 0.2) is 28.7 Å². The molecule has 90 valence electrons. The molecule has 2 N–H and O–H groups in total. The maximum Gasteiger partial charge on any atom is 0.0436 e. The quantitative estimate of drug-likeness (QED) is 0.842. The maximum absolute atomic E-state index is 8.93. The lowest BCUT2D eigenvalue weighted by atomic mass is 9.90. The Bertz CT molecular complexity index is 325. The Morgan fingerprint density at radius 3 is 2.62 bits per heavy atom. The van der Waals surface area contributed by atoms with E-state index >= 15 is 0 Å². The first-order chi connectivity index (χ1) is 7.55. The highest BCUT2D eigenvalue weighted by Gasteiger charge is 2.16. The second-order valence-corrected chi connectivity index (χ2v) is 5.69. The molecule has 0 unspecified atom stereocenters. The van der Waals surface area contributed by atoms with Gasteiger partial charge in [0.05, 0.1) is 0 Å². The first-order valence-corrected chi connectivity index (χ1v) is 6.39. The Balaban J connectivity index is 2.39. The first kappa shape index (κ1) is 13.7. The van der Waals surface area contributed by atoms with E-state index in [1.807, 2.05) is 12.1 Å². The number of hydrogen-bond acceptors (Lipinski definition) is 2. The lowest BCUT2D eigenvalue weighted by Crippen LogP contribution is -2.29. The van der Waals surface area contributed by atoms with Crippen LogP contribution in [0.5, 0.6) is 0 Å². The van der Waals surface area contributed by atoms with Crippen molar-refractivity contribution in [3.63, 3.8) is 0 Å². The van der Waals surface area contributed by atoms with Crippen molar-refractivity contribution in [1.29, 1.82) is 0 Å². The van der Waals surface area contributed by atoms with E-state index in [9.17, 15) is 0 Å². The van der Waals surface area contributed by atoms with Gasteiger partial charge in [-0.25, -0.2) is 0 Å². The lowest BCUT2D eigenvalue weighted by Gasteiger charge is -2.24. The van der Waals surface area contributed by atoms with Gasteiger partial charge in [-0.3, -0.25) is 0 Å². The number of nitrogens with one attached hydrogen (secondary N) is 1. The molecule has 2 nitrogen and oxygen atoms in total. The van der Waals surface area contributed by atoms with Gasteiger partial charge >= 0.3 is 0 Å². The van der Waals surface area contributed by atoms with Crippen molar-refractivity contribution in [2.75, 3.05) is 13.2 Å². The maximum atomic E-state index is 8.93. The van der Waals surface area contributed by atoms with Crippen molar-refractivity contribution in [3.8, 4) is 0 Å². The van der Waals surface area contributed by atoms with Crippen molar-refractivity contribution >= 4 is 15.9 Å². The third-order valence-electron chi connectivity index (χ3n) is 2.67. The zero-order chi connectivity index (χ0) is 12.0. The van der Waals surface area contributed by atoms with Gasteiger partial charge in [0.2, 0.25) is 0 Å². The topological polar surface area (TPSA) is 32.3 Å². The number of aliphatic hydroxyl groups is 1. The molecule has 1 rings (SSSR count). The summed E-state index contributed by atoms with van der Waals surface area (Å²) in [6.45, 7) is 6.35. The van der Waals surface area contributed by atoms with Gasteiger partial charge in [-0.1, -0.05) is 48.0 Å². The fourth-order valence-corrected chi connectivity index (χ4v) is 1.99.